The monoisotopic (exact) mass is 973 g/mol. The fourth-order valence-electron chi connectivity index (χ4n) is 9.85. The summed E-state index contributed by atoms with van der Waals surface area (Å²) in [6.07, 6.45) is 63.7. The molecule has 0 spiro atoms. The molecule has 1 saturated heterocycles. The van der Waals surface area contributed by atoms with Crippen LogP contribution in [0, 0.1) is 0 Å². The molecule has 0 bridgehead atoms. The van der Waals surface area contributed by atoms with Gasteiger partial charge in [0.05, 0.1) is 26.0 Å². The van der Waals surface area contributed by atoms with Crippen LogP contribution in [0.1, 0.15) is 342 Å². The average molecular weight is 974 g/mol. The molecule has 1 aliphatic rings. The minimum atomic E-state index is -3.69. The molecule has 0 aromatic heterocycles. The molecule has 0 aromatic rings. The minimum absolute atomic E-state index is 0.275. The molecule has 2 unspecified atom stereocenters. The summed E-state index contributed by atoms with van der Waals surface area (Å²) in [6, 6.07) is 0. The lowest BCUT2D eigenvalue weighted by molar-refractivity contribution is 0.0937. The van der Waals surface area contributed by atoms with Crippen LogP contribution in [0.4, 0.5) is 0 Å². The first-order valence-corrected chi connectivity index (χ1v) is 33.5. The molecular formula is C58H118O6P2. The van der Waals surface area contributed by atoms with Crippen molar-refractivity contribution in [2.24, 2.45) is 0 Å². The van der Waals surface area contributed by atoms with E-state index in [0.29, 0.717) is 26.2 Å². The third-order valence-electron chi connectivity index (χ3n) is 14.6. The Labute approximate surface area is 414 Å². The summed E-state index contributed by atoms with van der Waals surface area (Å²) in [4.78, 5) is 0. The van der Waals surface area contributed by atoms with Gasteiger partial charge in [0.25, 0.3) is 0 Å². The molecule has 66 heavy (non-hydrogen) atoms. The van der Waals surface area contributed by atoms with Crippen molar-refractivity contribution in [3.8, 4) is 0 Å². The van der Waals surface area contributed by atoms with Crippen molar-refractivity contribution in [1.29, 1.82) is 0 Å². The van der Waals surface area contributed by atoms with E-state index in [0.717, 1.165) is 38.5 Å². The summed E-state index contributed by atoms with van der Waals surface area (Å²) < 4.78 is 53.1. The highest BCUT2D eigenvalue weighted by atomic mass is 31.2. The van der Waals surface area contributed by atoms with Crippen molar-refractivity contribution in [3.63, 3.8) is 0 Å². The van der Waals surface area contributed by atoms with Gasteiger partial charge < -0.3 is 13.6 Å². The van der Waals surface area contributed by atoms with E-state index in [1.54, 1.807) is 6.92 Å². The smallest absolute Gasteiger partial charge is 0.309 e. The van der Waals surface area contributed by atoms with Crippen molar-refractivity contribution >= 4 is 15.2 Å². The first-order chi connectivity index (χ1) is 32.3. The predicted molar refractivity (Wildman–Crippen MR) is 291 cm³/mol. The largest absolute Gasteiger partial charge is 0.362 e. The van der Waals surface area contributed by atoms with Crippen LogP contribution in [0.15, 0.2) is 0 Å². The third-order valence-corrected chi connectivity index (χ3v) is 19.3. The second-order valence-electron chi connectivity index (χ2n) is 21.3. The van der Waals surface area contributed by atoms with Crippen LogP contribution >= 0.6 is 15.2 Å². The fraction of sp³-hybridized carbons (Fsp3) is 1.00. The molecule has 1 rings (SSSR count). The Hall–Kier alpha value is 0.300. The Morgan fingerprint density at radius 3 is 0.818 bits per heavy atom. The van der Waals surface area contributed by atoms with Crippen molar-refractivity contribution in [1.82, 2.24) is 0 Å². The Kier molecular flexibility index (Phi) is 46.4. The van der Waals surface area contributed by atoms with Gasteiger partial charge in [0.15, 0.2) is 5.34 Å². The standard InChI is InChI=1S/C58H118O6P2/c1-5-8-11-14-17-20-23-26-29-32-35-38-41-44-47-50-54-61-65(59)57-53-58(4,64-65)66(60,62-55-51-48-45-42-39-36-33-30-27-24-21-18-15-12-9-6-2)63-56-52-49-46-43-40-37-34-31-28-25-22-19-16-13-10-7-3/h5-57H2,1-4H3. The molecule has 1 fully saturated rings. The van der Waals surface area contributed by atoms with E-state index in [9.17, 15) is 9.13 Å². The van der Waals surface area contributed by atoms with Gasteiger partial charge in [0, 0.05) is 0 Å². The van der Waals surface area contributed by atoms with E-state index in [1.807, 2.05) is 0 Å². The van der Waals surface area contributed by atoms with Gasteiger partial charge in [0.1, 0.15) is 0 Å². The summed E-state index contributed by atoms with van der Waals surface area (Å²) in [6.45, 7) is 9.87. The number of hydrogen-bond acceptors (Lipinski definition) is 6. The van der Waals surface area contributed by atoms with E-state index < -0.39 is 20.5 Å². The van der Waals surface area contributed by atoms with E-state index in [4.69, 9.17) is 18.1 Å². The summed E-state index contributed by atoms with van der Waals surface area (Å²) in [5, 5.41) is -1.23. The van der Waals surface area contributed by atoms with Crippen molar-refractivity contribution < 1.29 is 27.2 Å². The zero-order valence-corrected chi connectivity index (χ0v) is 47.1. The zero-order chi connectivity index (χ0) is 47.8. The molecule has 0 saturated carbocycles. The molecule has 2 atom stereocenters. The van der Waals surface area contributed by atoms with Crippen LogP contribution in [-0.2, 0) is 27.2 Å². The van der Waals surface area contributed by atoms with Crippen LogP contribution in [0.25, 0.3) is 0 Å². The van der Waals surface area contributed by atoms with E-state index in [1.165, 1.54) is 270 Å². The lowest BCUT2D eigenvalue weighted by Gasteiger charge is -2.32. The molecular weight excluding hydrogens is 855 g/mol. The van der Waals surface area contributed by atoms with Crippen LogP contribution in [0.5, 0.6) is 0 Å². The molecule has 1 heterocycles. The second kappa shape index (κ2) is 47.6. The summed E-state index contributed by atoms with van der Waals surface area (Å²) >= 11 is 0. The molecule has 8 heteroatoms. The zero-order valence-electron chi connectivity index (χ0n) is 45.3. The van der Waals surface area contributed by atoms with Gasteiger partial charge in [-0.3, -0.25) is 13.7 Å². The Bertz CT molecular complexity index is 1050. The molecule has 0 aliphatic carbocycles. The molecule has 0 radical (unpaired) electrons. The molecule has 6 nitrogen and oxygen atoms in total. The molecule has 0 aromatic carbocycles. The minimum Gasteiger partial charge on any atom is -0.309 e. The maximum absolute atomic E-state index is 14.6. The van der Waals surface area contributed by atoms with Gasteiger partial charge in [-0.05, 0) is 32.6 Å². The summed E-state index contributed by atoms with van der Waals surface area (Å²) in [7, 11) is -7.05. The Morgan fingerprint density at radius 1 is 0.364 bits per heavy atom. The van der Waals surface area contributed by atoms with Crippen molar-refractivity contribution in [3.05, 3.63) is 0 Å². The van der Waals surface area contributed by atoms with Crippen LogP contribution < -0.4 is 0 Å². The predicted octanol–water partition coefficient (Wildman–Crippen LogP) is 22.3. The van der Waals surface area contributed by atoms with Crippen LogP contribution in [0.2, 0.25) is 0 Å². The van der Waals surface area contributed by atoms with Gasteiger partial charge in [-0.15, -0.1) is 0 Å². The highest BCUT2D eigenvalue weighted by molar-refractivity contribution is 7.59. The third kappa shape index (κ3) is 38.0. The molecule has 0 N–H and O–H groups in total. The first-order valence-electron chi connectivity index (χ1n) is 30.2. The van der Waals surface area contributed by atoms with E-state index in [2.05, 4.69) is 20.8 Å². The van der Waals surface area contributed by atoms with Gasteiger partial charge in [0.2, 0.25) is 0 Å². The lowest BCUT2D eigenvalue weighted by Crippen LogP contribution is -2.26. The topological polar surface area (TPSA) is 71.1 Å². The molecule has 1 aliphatic heterocycles. The number of rotatable bonds is 55. The van der Waals surface area contributed by atoms with Crippen molar-refractivity contribution in [2.45, 2.75) is 348 Å². The van der Waals surface area contributed by atoms with E-state index >= 15 is 0 Å². The average Bonchev–Trinajstić information content (AvgIpc) is 3.64. The summed E-state index contributed by atoms with van der Waals surface area (Å²) in [5.74, 6) is 0. The maximum atomic E-state index is 14.6. The SMILES string of the molecule is CCCCCCCCCCCCCCCCCCOP1(=O)CCC(C)(P(=O)(OCCCCCCCCCCCCCCCCCC)OCCCCCCCCCCCCCCCCCC)O1. The highest BCUT2D eigenvalue weighted by Crippen LogP contribution is 2.73. The molecule has 0 amide bonds. The van der Waals surface area contributed by atoms with Crippen LogP contribution in [-0.4, -0.2) is 31.3 Å². The van der Waals surface area contributed by atoms with Crippen LogP contribution in [0.3, 0.4) is 0 Å². The fourth-order valence-corrected chi connectivity index (χ4v) is 14.6. The maximum Gasteiger partial charge on any atom is 0.362 e. The lowest BCUT2D eigenvalue weighted by atomic mass is 10.0. The van der Waals surface area contributed by atoms with Gasteiger partial charge in [-0.1, -0.05) is 310 Å². The molecule has 396 valence electrons. The quantitative estimate of drug-likeness (QED) is 0.0447. The Morgan fingerprint density at radius 2 is 0.576 bits per heavy atom. The number of unbranched alkanes of at least 4 members (excludes halogenated alkanes) is 45. The van der Waals surface area contributed by atoms with Gasteiger partial charge in [-0.25, -0.2) is 0 Å². The Balaban J connectivity index is 2.36. The van der Waals surface area contributed by atoms with Crippen molar-refractivity contribution in [2.75, 3.05) is 26.0 Å². The summed E-state index contributed by atoms with van der Waals surface area (Å²) in [5.41, 5.74) is 0. The number of hydrogen-bond donors (Lipinski definition) is 0. The van der Waals surface area contributed by atoms with E-state index in [-0.39, 0.29) is 6.16 Å². The second-order valence-corrected chi connectivity index (χ2v) is 25.8. The van der Waals surface area contributed by atoms with Gasteiger partial charge >= 0.3 is 15.2 Å². The first kappa shape index (κ1) is 64.3. The van der Waals surface area contributed by atoms with Gasteiger partial charge in [-0.2, -0.15) is 0 Å². The highest BCUT2D eigenvalue weighted by Gasteiger charge is 2.58. The normalized spacial score (nSPS) is 17.7.